The monoisotopic (exact) mass is 944 g/mol. The molecule has 1 unspecified atom stereocenters. The molecule has 7 heteroatoms. The molecule has 0 spiro atoms. The molecule has 4 aromatic heterocycles. The number of nitrogens with zero attached hydrogens (tertiary/aromatic N) is 3. The molecule has 7 aromatic rings. The van der Waals surface area contributed by atoms with Gasteiger partial charge in [0.05, 0.1) is 8.07 Å². The van der Waals surface area contributed by atoms with Crippen LogP contribution < -0.4 is 5.19 Å². The average Bonchev–Trinajstić information content (AvgIpc) is 3.60. The van der Waals surface area contributed by atoms with Gasteiger partial charge in [0.25, 0.3) is 0 Å². The number of fused-ring (bicyclic) bond motifs is 3. The van der Waals surface area contributed by atoms with Crippen LogP contribution in [0.5, 0.6) is 0 Å². The zero-order valence-corrected chi connectivity index (χ0v) is 36.6. The molecular weight excluding hydrogens is 890 g/mol. The Hall–Kier alpha value is -3.87. The van der Waals surface area contributed by atoms with Crippen LogP contribution in [-0.2, 0) is 26.5 Å². The van der Waals surface area contributed by atoms with E-state index in [0.29, 0.717) is 11.3 Å². The van der Waals surface area contributed by atoms with Crippen molar-refractivity contribution in [3.63, 3.8) is 0 Å². The Kier molecular flexibility index (Phi) is 11.6. The molecule has 0 N–H and O–H groups in total. The number of hydrogen-bond donors (Lipinski definition) is 0. The van der Waals surface area contributed by atoms with Crippen LogP contribution in [0.2, 0.25) is 19.6 Å². The fourth-order valence-corrected chi connectivity index (χ4v) is 9.92. The van der Waals surface area contributed by atoms with Gasteiger partial charge in [-0.3, -0.25) is 4.39 Å². The number of halogens is 1. The van der Waals surface area contributed by atoms with Crippen LogP contribution >= 0.6 is 11.3 Å². The Bertz CT molecular complexity index is 2550. The van der Waals surface area contributed by atoms with Gasteiger partial charge >= 0.3 is 0 Å². The van der Waals surface area contributed by atoms with Crippen molar-refractivity contribution in [3.05, 3.63) is 144 Å². The van der Waals surface area contributed by atoms with E-state index in [1.165, 1.54) is 23.7 Å². The summed E-state index contributed by atoms with van der Waals surface area (Å²) in [6.45, 7) is 12.5. The van der Waals surface area contributed by atoms with Crippen molar-refractivity contribution in [2.75, 3.05) is 0 Å². The number of thiophene rings is 1. The Labute approximate surface area is 350 Å². The zero-order valence-electron chi connectivity index (χ0n) is 36.4. The normalized spacial score (nSPS) is 16.1. The third-order valence-electron chi connectivity index (χ3n) is 10.3. The summed E-state index contributed by atoms with van der Waals surface area (Å²) in [5.41, 5.74) is 6.57. The number of benzene rings is 3. The minimum atomic E-state index is -1.71. The summed E-state index contributed by atoms with van der Waals surface area (Å²) in [6.07, 6.45) is 12.5. The molecule has 1 radical (unpaired) electrons. The Balaban J connectivity index is 0.000000199. The van der Waals surface area contributed by atoms with Gasteiger partial charge < -0.3 is 15.0 Å². The Morgan fingerprint density at radius 1 is 0.873 bits per heavy atom. The molecule has 285 valence electrons. The summed E-state index contributed by atoms with van der Waals surface area (Å²) in [4.78, 5) is 13.6. The average molecular weight is 944 g/mol. The van der Waals surface area contributed by atoms with Crippen molar-refractivity contribution in [2.45, 2.75) is 90.7 Å². The number of hydrogen-bond acceptors (Lipinski definition) is 4. The first kappa shape index (κ1) is 35.5. The summed E-state index contributed by atoms with van der Waals surface area (Å²) in [6, 6.07) is 29.1. The minimum Gasteiger partial charge on any atom is -0.359 e. The smallest absolute Gasteiger partial charge is 0.0799 e. The van der Waals surface area contributed by atoms with Gasteiger partial charge in [0.15, 0.2) is 0 Å². The summed E-state index contributed by atoms with van der Waals surface area (Å²) < 4.78 is 50.6. The first-order valence-electron chi connectivity index (χ1n) is 20.9. The van der Waals surface area contributed by atoms with E-state index in [2.05, 4.69) is 59.0 Å². The van der Waals surface area contributed by atoms with Crippen LogP contribution in [0.4, 0.5) is 4.39 Å². The van der Waals surface area contributed by atoms with Crippen LogP contribution in [0, 0.1) is 24.0 Å². The Morgan fingerprint density at radius 2 is 1.65 bits per heavy atom. The molecule has 1 aliphatic carbocycles. The fraction of sp³-hybridized carbons (Fsp3) is 0.312. The van der Waals surface area contributed by atoms with E-state index in [4.69, 9.17) is 5.48 Å². The molecule has 8 rings (SSSR count). The largest absolute Gasteiger partial charge is 0.359 e. The van der Waals surface area contributed by atoms with Gasteiger partial charge in [-0.25, -0.2) is 0 Å². The van der Waals surface area contributed by atoms with E-state index in [1.807, 2.05) is 87.8 Å². The van der Waals surface area contributed by atoms with Crippen LogP contribution in [0.15, 0.2) is 104 Å². The molecule has 0 aliphatic heterocycles. The summed E-state index contributed by atoms with van der Waals surface area (Å²) in [5.74, 6) is -1.81. The van der Waals surface area contributed by atoms with Crippen LogP contribution in [-0.4, -0.2) is 23.0 Å². The molecule has 55 heavy (non-hydrogen) atoms. The molecule has 0 saturated heterocycles. The van der Waals surface area contributed by atoms with Crippen molar-refractivity contribution in [2.24, 2.45) is 5.92 Å². The van der Waals surface area contributed by atoms with Crippen molar-refractivity contribution in [1.29, 1.82) is 0 Å². The molecule has 4 heterocycles. The molecule has 3 aromatic carbocycles. The third-order valence-corrected chi connectivity index (χ3v) is 13.5. The van der Waals surface area contributed by atoms with Gasteiger partial charge in [0.1, 0.15) is 0 Å². The first-order chi connectivity index (χ1) is 27.4. The Morgan fingerprint density at radius 3 is 2.36 bits per heavy atom. The molecule has 1 atom stereocenters. The first-order valence-corrected chi connectivity index (χ1v) is 23.2. The van der Waals surface area contributed by atoms with E-state index in [-0.39, 0.29) is 31.8 Å². The molecule has 3 nitrogen and oxygen atoms in total. The van der Waals surface area contributed by atoms with Gasteiger partial charge in [-0.1, -0.05) is 144 Å². The molecule has 0 amide bonds. The van der Waals surface area contributed by atoms with Crippen molar-refractivity contribution >= 4 is 44.8 Å². The zero-order chi connectivity index (χ0) is 41.5. The van der Waals surface area contributed by atoms with E-state index < -0.39 is 26.2 Å². The number of pyridine rings is 3. The van der Waals surface area contributed by atoms with Crippen LogP contribution in [0.25, 0.3) is 42.7 Å². The van der Waals surface area contributed by atoms with Crippen molar-refractivity contribution < 1.29 is 30.0 Å². The fourth-order valence-electron chi connectivity index (χ4n) is 7.19. The summed E-state index contributed by atoms with van der Waals surface area (Å²) >= 11 is 1.67. The quantitative estimate of drug-likeness (QED) is 0.113. The maximum atomic E-state index is 13.2. The minimum absolute atomic E-state index is 0. The van der Waals surface area contributed by atoms with Gasteiger partial charge in [0.2, 0.25) is 0 Å². The third kappa shape index (κ3) is 9.57. The standard InChI is InChI=1S/C26H27N2S.C22H23FNSi.Ir/c1-17(2)20-8-9-21-22-15-27-16-23(26(22)29-25(21)14-20)24-13-19(10-11-28-24)12-18-6-4-3-5-7-18;1-16(17-8-6-5-7-9-17)20-14-21(18-10-12-19(23)13-11-18)24-15-22(20)25(2,3)4;/h8-11,13-15,17-18H,3-7,12H2,1-2H3;5-10,12-16H,1-4H3;/q2*-1;/i12D2,17D;16D;. The van der Waals surface area contributed by atoms with Gasteiger partial charge in [-0.05, 0) is 86.1 Å². The van der Waals surface area contributed by atoms with Crippen molar-refractivity contribution in [3.8, 4) is 22.5 Å². The second kappa shape index (κ2) is 17.9. The van der Waals surface area contributed by atoms with Gasteiger partial charge in [-0.2, -0.15) is 11.3 Å². The second-order valence-corrected chi connectivity index (χ2v) is 21.6. The van der Waals surface area contributed by atoms with Gasteiger partial charge in [0, 0.05) is 54.4 Å². The van der Waals surface area contributed by atoms with E-state index >= 15 is 0 Å². The summed E-state index contributed by atoms with van der Waals surface area (Å²) in [7, 11) is -1.71. The molecule has 1 fully saturated rings. The molecular formula is C48H50FIrN3SSi-2. The maximum absolute atomic E-state index is 13.2. The number of aromatic nitrogens is 3. The van der Waals surface area contributed by atoms with Crippen LogP contribution in [0.3, 0.4) is 0 Å². The van der Waals surface area contributed by atoms with E-state index in [9.17, 15) is 4.39 Å². The molecule has 1 aliphatic rings. The molecule has 0 bridgehead atoms. The predicted molar refractivity (Wildman–Crippen MR) is 229 cm³/mol. The maximum Gasteiger partial charge on any atom is 0.0799 e. The van der Waals surface area contributed by atoms with E-state index in [1.54, 1.807) is 23.6 Å². The SMILES string of the molecule is [2H]C(C)(C)c1ccc2c(c1)sc1c(-c3cc(C([2H])([2H])C4CCCCC4)ccn3)[c-]ncc12.[2H]C(C)(c1ccccc1)c1cc(-c2[c-]cc(F)cc2)ncc1[Si](C)(C)C.[Ir]. The topological polar surface area (TPSA) is 38.7 Å². The van der Waals surface area contributed by atoms with Crippen LogP contribution in [0.1, 0.15) is 92.4 Å². The number of rotatable bonds is 8. The molecule has 1 saturated carbocycles. The van der Waals surface area contributed by atoms with E-state index in [0.717, 1.165) is 79.4 Å². The van der Waals surface area contributed by atoms with Gasteiger partial charge in [-0.15, -0.1) is 29.8 Å². The summed E-state index contributed by atoms with van der Waals surface area (Å²) in [5, 5.41) is 3.34. The van der Waals surface area contributed by atoms with Crippen molar-refractivity contribution in [1.82, 2.24) is 15.0 Å². The predicted octanol–water partition coefficient (Wildman–Crippen LogP) is 12.9. The second-order valence-electron chi connectivity index (χ2n) is 15.5.